The molecular formula is C26H33N3O2S2. The smallest absolute Gasteiger partial charge is 0.144 e. The number of ether oxygens (including phenoxy) is 1. The molecule has 2 aliphatic rings. The Morgan fingerprint density at radius 3 is 2.64 bits per heavy atom. The Hall–Kier alpha value is -1.93. The van der Waals surface area contributed by atoms with Crippen molar-refractivity contribution in [3.8, 4) is 5.75 Å². The maximum absolute atomic E-state index is 10.7. The number of benzene rings is 2. The van der Waals surface area contributed by atoms with E-state index in [1.807, 2.05) is 18.0 Å². The predicted octanol–water partition coefficient (Wildman–Crippen LogP) is 4.79. The molecule has 0 saturated carbocycles. The lowest BCUT2D eigenvalue weighted by molar-refractivity contribution is -0.104. The average Bonchev–Trinajstić information content (AvgIpc) is 3.25. The van der Waals surface area contributed by atoms with Crippen molar-refractivity contribution in [3.63, 3.8) is 0 Å². The quantitative estimate of drug-likeness (QED) is 0.238. The van der Waals surface area contributed by atoms with Gasteiger partial charge < -0.3 is 10.5 Å². The van der Waals surface area contributed by atoms with Gasteiger partial charge in [0.05, 0.1) is 6.61 Å². The number of hydrogen-bond donors (Lipinski definition) is 1. The van der Waals surface area contributed by atoms with E-state index in [0.717, 1.165) is 56.9 Å². The number of aldehydes is 1. The van der Waals surface area contributed by atoms with Crippen molar-refractivity contribution in [2.24, 2.45) is 11.7 Å². The van der Waals surface area contributed by atoms with Crippen LogP contribution in [0.2, 0.25) is 0 Å². The molecule has 2 aromatic rings. The van der Waals surface area contributed by atoms with Crippen molar-refractivity contribution in [1.82, 2.24) is 9.21 Å². The van der Waals surface area contributed by atoms with Crippen molar-refractivity contribution < 1.29 is 9.53 Å². The Balaban J connectivity index is 1.35. The summed E-state index contributed by atoms with van der Waals surface area (Å²) in [4.78, 5) is 14.4. The number of allylic oxidation sites excluding steroid dienone is 1. The van der Waals surface area contributed by atoms with Gasteiger partial charge in [0.2, 0.25) is 0 Å². The Morgan fingerprint density at radius 2 is 1.91 bits per heavy atom. The van der Waals surface area contributed by atoms with Gasteiger partial charge in [0.1, 0.15) is 12.0 Å². The van der Waals surface area contributed by atoms with Crippen molar-refractivity contribution in [2.45, 2.75) is 37.4 Å². The lowest BCUT2D eigenvalue weighted by atomic mass is 9.99. The summed E-state index contributed by atoms with van der Waals surface area (Å²) in [5.41, 5.74) is 11.3. The molecule has 0 unspecified atom stereocenters. The molecule has 4 rings (SSSR count). The second-order valence-corrected chi connectivity index (χ2v) is 10.5. The van der Waals surface area contributed by atoms with Crippen LogP contribution >= 0.6 is 23.7 Å². The monoisotopic (exact) mass is 483 g/mol. The van der Waals surface area contributed by atoms with Gasteiger partial charge in [-0.3, -0.25) is 14.0 Å². The zero-order chi connectivity index (χ0) is 23.2. The van der Waals surface area contributed by atoms with E-state index >= 15 is 0 Å². The summed E-state index contributed by atoms with van der Waals surface area (Å²) in [5, 5.41) is 0. The highest BCUT2D eigenvalue weighted by atomic mass is 32.2. The average molecular weight is 484 g/mol. The second kappa shape index (κ2) is 11.5. The summed E-state index contributed by atoms with van der Waals surface area (Å²) in [6, 6.07) is 12.9. The summed E-state index contributed by atoms with van der Waals surface area (Å²) in [5.74, 6) is 1.65. The third kappa shape index (κ3) is 6.15. The van der Waals surface area contributed by atoms with Gasteiger partial charge in [0.15, 0.2) is 0 Å². The predicted molar refractivity (Wildman–Crippen MR) is 139 cm³/mol. The summed E-state index contributed by atoms with van der Waals surface area (Å²) in [6.45, 7) is 5.82. The van der Waals surface area contributed by atoms with Gasteiger partial charge in [0.25, 0.3) is 0 Å². The largest absolute Gasteiger partial charge is 0.492 e. The molecule has 0 aromatic heterocycles. The van der Waals surface area contributed by atoms with E-state index in [1.165, 1.54) is 40.5 Å². The highest BCUT2D eigenvalue weighted by molar-refractivity contribution is 7.98. The minimum absolute atomic E-state index is 0.515. The third-order valence-electron chi connectivity index (χ3n) is 6.52. The van der Waals surface area contributed by atoms with Crippen LogP contribution in [-0.4, -0.2) is 47.7 Å². The number of rotatable bonds is 9. The molecule has 5 nitrogen and oxygen atoms in total. The topological polar surface area (TPSA) is 58.8 Å². The summed E-state index contributed by atoms with van der Waals surface area (Å²) in [6.07, 6.45) is 8.84. The SMILES string of the molecule is CSc1cc(CN2Cc3ccc(C(N)=CC=O)cc3C2)ccc1OCC1CCN(SC)CC1. The second-order valence-electron chi connectivity index (χ2n) is 8.74. The molecule has 2 heterocycles. The number of carbonyl (C=O) groups is 1. The molecule has 0 bridgehead atoms. The van der Waals surface area contributed by atoms with Crippen molar-refractivity contribution in [1.29, 1.82) is 0 Å². The first-order valence-electron chi connectivity index (χ1n) is 11.4. The maximum atomic E-state index is 10.7. The van der Waals surface area contributed by atoms with Gasteiger partial charge in [-0.1, -0.05) is 30.1 Å². The van der Waals surface area contributed by atoms with Crippen LogP contribution in [0, 0.1) is 5.92 Å². The highest BCUT2D eigenvalue weighted by Gasteiger charge is 2.21. The molecule has 1 fully saturated rings. The first-order chi connectivity index (χ1) is 16.1. The fourth-order valence-corrected chi connectivity index (χ4v) is 5.75. The van der Waals surface area contributed by atoms with Crippen LogP contribution < -0.4 is 10.5 Å². The van der Waals surface area contributed by atoms with Crippen molar-refractivity contribution in [2.75, 3.05) is 32.2 Å². The molecule has 0 atom stereocenters. The maximum Gasteiger partial charge on any atom is 0.144 e. The van der Waals surface area contributed by atoms with Crippen molar-refractivity contribution >= 4 is 35.7 Å². The van der Waals surface area contributed by atoms with E-state index in [4.69, 9.17) is 10.5 Å². The normalized spacial score (nSPS) is 17.8. The Morgan fingerprint density at radius 1 is 1.12 bits per heavy atom. The fourth-order valence-electron chi connectivity index (χ4n) is 4.58. The molecule has 33 heavy (non-hydrogen) atoms. The summed E-state index contributed by atoms with van der Waals surface area (Å²) in [7, 11) is 0. The van der Waals surface area contributed by atoms with Crippen LogP contribution in [0.15, 0.2) is 47.4 Å². The van der Waals surface area contributed by atoms with Gasteiger partial charge in [-0.2, -0.15) is 0 Å². The van der Waals surface area contributed by atoms with E-state index in [2.05, 4.69) is 52.0 Å². The van der Waals surface area contributed by atoms with E-state index in [0.29, 0.717) is 11.6 Å². The van der Waals surface area contributed by atoms with Crippen LogP contribution in [0.25, 0.3) is 5.70 Å². The van der Waals surface area contributed by atoms with Gasteiger partial charge >= 0.3 is 0 Å². The number of nitrogens with two attached hydrogens (primary N) is 1. The zero-order valence-corrected chi connectivity index (χ0v) is 21.1. The molecule has 2 N–H and O–H groups in total. The van der Waals surface area contributed by atoms with Crippen LogP contribution in [-0.2, 0) is 24.4 Å². The first-order valence-corrected chi connectivity index (χ1v) is 13.8. The molecule has 7 heteroatoms. The molecule has 0 spiro atoms. The van der Waals surface area contributed by atoms with Crippen LogP contribution in [0.4, 0.5) is 0 Å². The molecule has 2 aromatic carbocycles. The van der Waals surface area contributed by atoms with Crippen molar-refractivity contribution in [3.05, 3.63) is 64.7 Å². The number of fused-ring (bicyclic) bond motifs is 1. The zero-order valence-electron chi connectivity index (χ0n) is 19.5. The standard InChI is InChI=1S/C26H33N3O2S2/c1-32-26-13-20(3-6-25(26)31-18-19-7-10-29(33-2)11-8-19)15-28-16-22-5-4-21(14-23(22)17-28)24(27)9-12-30/h3-6,9,12-14,19H,7-8,10-11,15-18,27H2,1-2H3. The van der Waals surface area contributed by atoms with Crippen LogP contribution in [0.1, 0.15) is 35.1 Å². The molecule has 0 aliphatic carbocycles. The Bertz CT molecular complexity index is 1000. The van der Waals surface area contributed by atoms with E-state index in [9.17, 15) is 4.79 Å². The van der Waals surface area contributed by atoms with Gasteiger partial charge in [-0.05, 0) is 71.7 Å². The third-order valence-corrected chi connectivity index (χ3v) is 8.16. The highest BCUT2D eigenvalue weighted by Crippen LogP contribution is 2.32. The first kappa shape index (κ1) is 24.2. The number of hydrogen-bond acceptors (Lipinski definition) is 7. The molecule has 2 aliphatic heterocycles. The number of thioether (sulfide) groups is 1. The minimum Gasteiger partial charge on any atom is -0.492 e. The molecule has 176 valence electrons. The van der Waals surface area contributed by atoms with Crippen LogP contribution in [0.5, 0.6) is 5.75 Å². The fraction of sp³-hybridized carbons (Fsp3) is 0.423. The van der Waals surface area contributed by atoms with Gasteiger partial charge in [-0.25, -0.2) is 0 Å². The minimum atomic E-state index is 0.515. The Kier molecular flexibility index (Phi) is 8.41. The van der Waals surface area contributed by atoms with Gasteiger partial charge in [0, 0.05) is 49.4 Å². The number of piperidine rings is 1. The number of nitrogens with zero attached hydrogens (tertiary/aromatic N) is 2. The van der Waals surface area contributed by atoms with Gasteiger partial charge in [-0.15, -0.1) is 11.8 Å². The summed E-state index contributed by atoms with van der Waals surface area (Å²) < 4.78 is 8.70. The molecule has 0 amide bonds. The lowest BCUT2D eigenvalue weighted by Crippen LogP contribution is -2.30. The lowest BCUT2D eigenvalue weighted by Gasteiger charge is -2.30. The number of carbonyl (C=O) groups excluding carboxylic acids is 1. The molecular weight excluding hydrogens is 450 g/mol. The van der Waals surface area contributed by atoms with E-state index in [1.54, 1.807) is 11.8 Å². The Labute approximate surface area is 205 Å². The van der Waals surface area contributed by atoms with Crippen LogP contribution in [0.3, 0.4) is 0 Å². The molecule has 1 saturated heterocycles. The van der Waals surface area contributed by atoms with E-state index < -0.39 is 0 Å². The van der Waals surface area contributed by atoms with E-state index in [-0.39, 0.29) is 0 Å². The molecule has 0 radical (unpaired) electrons. The summed E-state index contributed by atoms with van der Waals surface area (Å²) >= 11 is 3.60.